The highest BCUT2D eigenvalue weighted by Gasteiger charge is 2.38. The maximum absolute atomic E-state index is 12.5. The lowest BCUT2D eigenvalue weighted by Crippen LogP contribution is -2.32. The second kappa shape index (κ2) is 10.0. The summed E-state index contributed by atoms with van der Waals surface area (Å²) in [7, 11) is 0. The number of carbonyl (C=O) groups excluding carboxylic acids is 1. The first-order valence-corrected chi connectivity index (χ1v) is 13.3. The van der Waals surface area contributed by atoms with Crippen LogP contribution in [-0.4, -0.2) is 27.7 Å². The molecule has 0 bridgehead atoms. The van der Waals surface area contributed by atoms with Crippen molar-refractivity contribution >= 4 is 17.1 Å². The lowest BCUT2D eigenvalue weighted by atomic mass is 9.66. The summed E-state index contributed by atoms with van der Waals surface area (Å²) < 4.78 is 0. The molecule has 3 N–H and O–H groups in total. The molecule has 0 saturated carbocycles. The van der Waals surface area contributed by atoms with E-state index in [-0.39, 0.29) is 23.3 Å². The van der Waals surface area contributed by atoms with E-state index in [9.17, 15) is 20.1 Å². The second-order valence-corrected chi connectivity index (χ2v) is 10.6. The van der Waals surface area contributed by atoms with Crippen LogP contribution in [0.2, 0.25) is 0 Å². The molecule has 0 aliphatic heterocycles. The molecule has 6 rings (SSSR count). The summed E-state index contributed by atoms with van der Waals surface area (Å²) >= 11 is 0. The fourth-order valence-corrected chi connectivity index (χ4v) is 6.34. The monoisotopic (exact) mass is 514 g/mol. The molecule has 0 saturated heterocycles. The van der Waals surface area contributed by atoms with E-state index in [1.165, 1.54) is 0 Å². The van der Waals surface area contributed by atoms with Crippen molar-refractivity contribution in [2.75, 3.05) is 0 Å². The number of allylic oxidation sites excluding steroid dienone is 4. The summed E-state index contributed by atoms with van der Waals surface area (Å²) in [4.78, 5) is 12.5. The Balaban J connectivity index is 1.63. The molecular formula is C35H30O4. The number of aliphatic hydroxyl groups excluding tert-OH is 2. The first-order chi connectivity index (χ1) is 18.9. The third-order valence-electron chi connectivity index (χ3n) is 8.20. The van der Waals surface area contributed by atoms with E-state index in [4.69, 9.17) is 0 Å². The summed E-state index contributed by atoms with van der Waals surface area (Å²) in [6, 6.07) is 27.3. The Bertz CT molecular complexity index is 1640. The zero-order valence-electron chi connectivity index (χ0n) is 21.7. The Hall–Kier alpha value is -4.41. The molecule has 4 heteroatoms. The number of aromatic hydroxyl groups is 1. The maximum atomic E-state index is 12.5. The van der Waals surface area contributed by atoms with Crippen molar-refractivity contribution in [3.8, 4) is 16.9 Å². The van der Waals surface area contributed by atoms with Gasteiger partial charge >= 0.3 is 0 Å². The zero-order chi connectivity index (χ0) is 27.1. The molecule has 2 aliphatic carbocycles. The van der Waals surface area contributed by atoms with Crippen LogP contribution in [0.15, 0.2) is 120 Å². The molecule has 0 amide bonds. The third-order valence-corrected chi connectivity index (χ3v) is 8.20. The number of phenolic OH excluding ortho intramolecular Hbond substituents is 1. The number of aliphatic hydroxyl groups is 2. The highest BCUT2D eigenvalue weighted by Crippen LogP contribution is 2.48. The van der Waals surface area contributed by atoms with Gasteiger partial charge in [-0.1, -0.05) is 85.8 Å². The van der Waals surface area contributed by atoms with Gasteiger partial charge in [0.05, 0.1) is 6.10 Å². The van der Waals surface area contributed by atoms with Gasteiger partial charge in [0.25, 0.3) is 0 Å². The quantitative estimate of drug-likeness (QED) is 0.241. The molecular weight excluding hydrogens is 484 g/mol. The molecule has 194 valence electrons. The van der Waals surface area contributed by atoms with Gasteiger partial charge in [0, 0.05) is 17.4 Å². The van der Waals surface area contributed by atoms with E-state index < -0.39 is 12.0 Å². The zero-order valence-corrected chi connectivity index (χ0v) is 21.7. The van der Waals surface area contributed by atoms with Crippen molar-refractivity contribution in [3.05, 3.63) is 137 Å². The van der Waals surface area contributed by atoms with Crippen LogP contribution in [0.1, 0.15) is 40.7 Å². The summed E-state index contributed by atoms with van der Waals surface area (Å²) in [5, 5.41) is 33.8. The summed E-state index contributed by atoms with van der Waals surface area (Å²) in [6.07, 6.45) is 6.14. The average Bonchev–Trinajstić information content (AvgIpc) is 2.95. The van der Waals surface area contributed by atoms with E-state index >= 15 is 0 Å². The molecule has 4 aromatic rings. The van der Waals surface area contributed by atoms with Gasteiger partial charge in [0.15, 0.2) is 0 Å². The number of fused-ring (bicyclic) bond motifs is 2. The van der Waals surface area contributed by atoms with Crippen molar-refractivity contribution < 1.29 is 20.1 Å². The Kier molecular flexibility index (Phi) is 6.41. The topological polar surface area (TPSA) is 77.8 Å². The fraction of sp³-hybridized carbons (Fsp3) is 0.171. The van der Waals surface area contributed by atoms with Crippen molar-refractivity contribution in [2.24, 2.45) is 11.8 Å². The Labute approximate surface area is 227 Å². The molecule has 4 nitrogen and oxygen atoms in total. The number of hydrogen-bond donors (Lipinski definition) is 3. The number of hydrogen-bond acceptors (Lipinski definition) is 4. The van der Waals surface area contributed by atoms with Gasteiger partial charge < -0.3 is 15.3 Å². The third kappa shape index (κ3) is 4.47. The van der Waals surface area contributed by atoms with Crippen molar-refractivity contribution in [1.29, 1.82) is 0 Å². The van der Waals surface area contributed by atoms with Crippen LogP contribution < -0.4 is 0 Å². The lowest BCUT2D eigenvalue weighted by molar-refractivity contribution is 0.112. The normalized spacial score (nSPS) is 21.4. The summed E-state index contributed by atoms with van der Waals surface area (Å²) in [6.45, 7) is 2.09. The highest BCUT2D eigenvalue weighted by molar-refractivity contribution is 5.95. The van der Waals surface area contributed by atoms with Crippen molar-refractivity contribution in [1.82, 2.24) is 0 Å². The van der Waals surface area contributed by atoms with Gasteiger partial charge in [-0.15, -0.1) is 0 Å². The Morgan fingerprint density at radius 1 is 0.872 bits per heavy atom. The van der Waals surface area contributed by atoms with Gasteiger partial charge in [-0.3, -0.25) is 4.79 Å². The number of phenols is 1. The molecule has 4 aromatic carbocycles. The number of aldehydes is 1. The van der Waals surface area contributed by atoms with E-state index in [0.29, 0.717) is 12.0 Å². The van der Waals surface area contributed by atoms with Gasteiger partial charge in [-0.25, -0.2) is 0 Å². The minimum absolute atomic E-state index is 0.0433. The molecule has 0 aromatic heterocycles. The van der Waals surface area contributed by atoms with Crippen LogP contribution >= 0.6 is 0 Å². The van der Waals surface area contributed by atoms with Crippen molar-refractivity contribution in [3.63, 3.8) is 0 Å². The molecule has 0 fully saturated rings. The molecule has 0 spiro atoms. The molecule has 4 unspecified atom stereocenters. The van der Waals surface area contributed by atoms with Gasteiger partial charge in [0.2, 0.25) is 0 Å². The number of carbonyl (C=O) groups is 1. The van der Waals surface area contributed by atoms with Crippen LogP contribution in [0.4, 0.5) is 0 Å². The first-order valence-electron chi connectivity index (χ1n) is 13.3. The highest BCUT2D eigenvalue weighted by atomic mass is 16.3. The molecule has 2 aliphatic rings. The van der Waals surface area contributed by atoms with Crippen LogP contribution in [-0.2, 0) is 0 Å². The van der Waals surface area contributed by atoms with Gasteiger partial charge in [0.1, 0.15) is 17.8 Å². The second-order valence-electron chi connectivity index (χ2n) is 10.6. The molecule has 0 radical (unpaired) electrons. The van der Waals surface area contributed by atoms with Crippen LogP contribution in [0, 0.1) is 11.8 Å². The predicted octanol–water partition coefficient (Wildman–Crippen LogP) is 7.48. The minimum Gasteiger partial charge on any atom is -0.508 e. The fourth-order valence-electron chi connectivity index (χ4n) is 6.34. The van der Waals surface area contributed by atoms with Crippen LogP contribution in [0.3, 0.4) is 0 Å². The Morgan fingerprint density at radius 3 is 2.36 bits per heavy atom. The molecule has 0 heterocycles. The largest absolute Gasteiger partial charge is 0.508 e. The van der Waals surface area contributed by atoms with Gasteiger partial charge in [-0.05, 0) is 80.8 Å². The average molecular weight is 515 g/mol. The smallest absolute Gasteiger partial charge is 0.150 e. The standard InChI is InChI=1S/C35H30O4/c1-21-17-32(39)35(30-16-14-28(38)19-31(21)30)34(24-9-7-23(8-10-24)22-5-3-2-4-6-22)33-26(20-36)12-11-25-18-27(37)13-15-29(25)33/h2-16,18-21,31-32,34,37-39H,17H2,1H3. The van der Waals surface area contributed by atoms with E-state index in [1.807, 2.05) is 42.5 Å². The van der Waals surface area contributed by atoms with Crippen molar-refractivity contribution in [2.45, 2.75) is 25.4 Å². The van der Waals surface area contributed by atoms with Crippen LogP contribution in [0.5, 0.6) is 5.75 Å². The SMILES string of the molecule is CC1CC(O)C(C(c2ccc(-c3ccccc3)cc2)c2c(C=O)ccc3cc(O)ccc23)=C2C=CC(O)=CC21. The number of rotatable bonds is 5. The number of benzene rings is 4. The summed E-state index contributed by atoms with van der Waals surface area (Å²) in [5.74, 6) is 0.0616. The molecule has 4 atom stereocenters. The van der Waals surface area contributed by atoms with E-state index in [0.717, 1.165) is 50.5 Å². The first kappa shape index (κ1) is 24.9. The lowest BCUT2D eigenvalue weighted by Gasteiger charge is -2.39. The maximum Gasteiger partial charge on any atom is 0.150 e. The van der Waals surface area contributed by atoms with E-state index in [2.05, 4.69) is 43.3 Å². The Morgan fingerprint density at radius 2 is 1.62 bits per heavy atom. The van der Waals surface area contributed by atoms with Crippen LogP contribution in [0.25, 0.3) is 21.9 Å². The van der Waals surface area contributed by atoms with Gasteiger partial charge in [-0.2, -0.15) is 0 Å². The summed E-state index contributed by atoms with van der Waals surface area (Å²) in [5.41, 5.74) is 6.31. The minimum atomic E-state index is -0.727. The van der Waals surface area contributed by atoms with E-state index in [1.54, 1.807) is 24.3 Å². The predicted molar refractivity (Wildman–Crippen MR) is 155 cm³/mol. The molecule has 39 heavy (non-hydrogen) atoms.